The molecule has 2 atom stereocenters. The number of hydrogen-bond donors (Lipinski definition) is 2. The maximum atomic E-state index is 11.9. The molecular weight excluding hydrogens is 252 g/mol. The van der Waals surface area contributed by atoms with Crippen LogP contribution in [-0.2, 0) is 11.2 Å². The highest BCUT2D eigenvalue weighted by Gasteiger charge is 2.28. The third-order valence-electron chi connectivity index (χ3n) is 3.01. The molecule has 5 heteroatoms. The van der Waals surface area contributed by atoms with Gasteiger partial charge in [0.05, 0.1) is 0 Å². The Kier molecular flexibility index (Phi) is 5.44. The Balaban J connectivity index is 0.00000162. The van der Waals surface area contributed by atoms with E-state index in [1.807, 2.05) is 38.2 Å². The topological polar surface area (TPSA) is 50.4 Å². The summed E-state index contributed by atoms with van der Waals surface area (Å²) in [6.45, 7) is 2.63. The van der Waals surface area contributed by atoms with E-state index in [9.17, 15) is 4.79 Å². The normalized spacial score (nSPS) is 18.2. The van der Waals surface area contributed by atoms with Gasteiger partial charge in [-0.15, -0.1) is 12.4 Å². The smallest absolute Gasteiger partial charge is 0.261 e. The monoisotopic (exact) mass is 270 g/mol. The van der Waals surface area contributed by atoms with Gasteiger partial charge in [0.2, 0.25) is 0 Å². The van der Waals surface area contributed by atoms with Gasteiger partial charge in [-0.3, -0.25) is 4.79 Å². The van der Waals surface area contributed by atoms with Crippen molar-refractivity contribution >= 4 is 18.3 Å². The third kappa shape index (κ3) is 3.37. The van der Waals surface area contributed by atoms with Crippen LogP contribution in [0.3, 0.4) is 0 Å². The van der Waals surface area contributed by atoms with Crippen LogP contribution in [0.15, 0.2) is 24.3 Å². The van der Waals surface area contributed by atoms with Gasteiger partial charge in [-0.2, -0.15) is 0 Å². The first-order valence-corrected chi connectivity index (χ1v) is 5.90. The predicted molar refractivity (Wildman–Crippen MR) is 73.3 cm³/mol. The molecule has 1 aromatic carbocycles. The summed E-state index contributed by atoms with van der Waals surface area (Å²) in [5.41, 5.74) is 1.11. The Morgan fingerprint density at radius 1 is 1.50 bits per heavy atom. The maximum Gasteiger partial charge on any atom is 0.261 e. The van der Waals surface area contributed by atoms with Gasteiger partial charge in [0, 0.05) is 19.0 Å². The van der Waals surface area contributed by atoms with E-state index in [0.29, 0.717) is 13.0 Å². The molecule has 0 aliphatic carbocycles. The van der Waals surface area contributed by atoms with E-state index in [4.69, 9.17) is 4.74 Å². The fourth-order valence-corrected chi connectivity index (χ4v) is 1.80. The van der Waals surface area contributed by atoms with Crippen LogP contribution in [0, 0.1) is 0 Å². The number of nitrogens with one attached hydrogen (secondary N) is 2. The van der Waals surface area contributed by atoms with Crippen LogP contribution in [0.1, 0.15) is 12.5 Å². The SMILES string of the molecule is CNC(C)CNC(=O)C1Cc2ccccc2O1.Cl. The molecule has 0 fully saturated rings. The molecule has 18 heavy (non-hydrogen) atoms. The van der Waals surface area contributed by atoms with Crippen molar-refractivity contribution in [2.75, 3.05) is 13.6 Å². The molecule has 100 valence electrons. The molecule has 0 saturated carbocycles. The zero-order valence-electron chi connectivity index (χ0n) is 10.6. The van der Waals surface area contributed by atoms with Crippen molar-refractivity contribution in [1.82, 2.24) is 10.6 Å². The Morgan fingerprint density at radius 2 is 2.22 bits per heavy atom. The van der Waals surface area contributed by atoms with Gasteiger partial charge in [-0.05, 0) is 25.6 Å². The zero-order valence-corrected chi connectivity index (χ0v) is 11.4. The molecule has 4 nitrogen and oxygen atoms in total. The molecule has 1 aromatic rings. The molecular formula is C13H19ClN2O2. The summed E-state index contributed by atoms with van der Waals surface area (Å²) in [6, 6.07) is 8.05. The maximum absolute atomic E-state index is 11.9. The van der Waals surface area contributed by atoms with Gasteiger partial charge in [-0.25, -0.2) is 0 Å². The minimum atomic E-state index is -0.378. The number of likely N-dealkylation sites (N-methyl/N-ethyl adjacent to an activating group) is 1. The number of rotatable bonds is 4. The van der Waals surface area contributed by atoms with Gasteiger partial charge in [0.25, 0.3) is 5.91 Å². The largest absolute Gasteiger partial charge is 0.480 e. The van der Waals surface area contributed by atoms with E-state index in [1.54, 1.807) is 0 Å². The van der Waals surface area contributed by atoms with Crippen molar-refractivity contribution in [3.63, 3.8) is 0 Å². The summed E-state index contributed by atoms with van der Waals surface area (Å²) in [4.78, 5) is 11.9. The van der Waals surface area contributed by atoms with Crippen molar-refractivity contribution in [2.24, 2.45) is 0 Å². The van der Waals surface area contributed by atoms with Crippen LogP contribution in [-0.4, -0.2) is 31.6 Å². The van der Waals surface area contributed by atoms with Gasteiger partial charge in [-0.1, -0.05) is 18.2 Å². The highest BCUT2D eigenvalue weighted by molar-refractivity contribution is 5.85. The van der Waals surface area contributed by atoms with Crippen molar-refractivity contribution < 1.29 is 9.53 Å². The molecule has 0 spiro atoms. The van der Waals surface area contributed by atoms with Crippen LogP contribution in [0.25, 0.3) is 0 Å². The Bertz CT molecular complexity index is 387. The molecule has 2 N–H and O–H groups in total. The van der Waals surface area contributed by atoms with Crippen LogP contribution in [0.5, 0.6) is 5.75 Å². The first kappa shape index (κ1) is 14.8. The lowest BCUT2D eigenvalue weighted by Gasteiger charge is -2.14. The summed E-state index contributed by atoms with van der Waals surface area (Å²) >= 11 is 0. The quantitative estimate of drug-likeness (QED) is 0.863. The summed E-state index contributed by atoms with van der Waals surface area (Å²) in [6.07, 6.45) is 0.284. The lowest BCUT2D eigenvalue weighted by molar-refractivity contribution is -0.127. The molecule has 1 heterocycles. The Hall–Kier alpha value is -1.26. The molecule has 2 rings (SSSR count). The molecule has 0 saturated heterocycles. The average Bonchev–Trinajstić information content (AvgIpc) is 2.79. The number of benzene rings is 1. The average molecular weight is 271 g/mol. The zero-order chi connectivity index (χ0) is 12.3. The number of ether oxygens (including phenoxy) is 1. The Morgan fingerprint density at radius 3 is 2.89 bits per heavy atom. The van der Waals surface area contributed by atoms with Crippen LogP contribution >= 0.6 is 12.4 Å². The lowest BCUT2D eigenvalue weighted by atomic mass is 10.1. The first-order valence-electron chi connectivity index (χ1n) is 5.90. The molecule has 0 bridgehead atoms. The second-order valence-corrected chi connectivity index (χ2v) is 4.35. The number of carbonyl (C=O) groups excluding carboxylic acids is 1. The lowest BCUT2D eigenvalue weighted by Crippen LogP contribution is -2.43. The molecule has 0 radical (unpaired) electrons. The standard InChI is InChI=1S/C13H18N2O2.ClH/c1-9(14-2)8-15-13(16)12-7-10-5-3-4-6-11(10)17-12;/h3-6,9,12,14H,7-8H2,1-2H3,(H,15,16);1H. The summed E-state index contributed by atoms with van der Waals surface area (Å²) in [5, 5.41) is 5.96. The van der Waals surface area contributed by atoms with E-state index < -0.39 is 0 Å². The number of para-hydroxylation sites is 1. The first-order chi connectivity index (χ1) is 8.20. The fraction of sp³-hybridized carbons (Fsp3) is 0.462. The number of fused-ring (bicyclic) bond motifs is 1. The van der Waals surface area contributed by atoms with E-state index in [2.05, 4.69) is 10.6 Å². The van der Waals surface area contributed by atoms with Crippen LogP contribution < -0.4 is 15.4 Å². The van der Waals surface area contributed by atoms with Crippen LogP contribution in [0.2, 0.25) is 0 Å². The second kappa shape index (κ2) is 6.61. The Labute approximate surface area is 114 Å². The summed E-state index contributed by atoms with van der Waals surface area (Å²) < 4.78 is 5.60. The minimum absolute atomic E-state index is 0. The van der Waals surface area contributed by atoms with Crippen molar-refractivity contribution in [1.29, 1.82) is 0 Å². The number of halogens is 1. The molecule has 0 aromatic heterocycles. The van der Waals surface area contributed by atoms with Crippen molar-refractivity contribution in [2.45, 2.75) is 25.5 Å². The summed E-state index contributed by atoms with van der Waals surface area (Å²) in [7, 11) is 1.87. The van der Waals surface area contributed by atoms with Gasteiger partial charge in [0.1, 0.15) is 5.75 Å². The third-order valence-corrected chi connectivity index (χ3v) is 3.01. The minimum Gasteiger partial charge on any atom is -0.480 e. The van der Waals surface area contributed by atoms with E-state index >= 15 is 0 Å². The fourth-order valence-electron chi connectivity index (χ4n) is 1.80. The highest BCUT2D eigenvalue weighted by atomic mass is 35.5. The van der Waals surface area contributed by atoms with E-state index in [-0.39, 0.29) is 30.5 Å². The number of hydrogen-bond acceptors (Lipinski definition) is 3. The second-order valence-electron chi connectivity index (χ2n) is 4.35. The highest BCUT2D eigenvalue weighted by Crippen LogP contribution is 2.27. The van der Waals surface area contributed by atoms with Crippen molar-refractivity contribution in [3.05, 3.63) is 29.8 Å². The number of amides is 1. The molecule has 1 amide bonds. The molecule has 1 aliphatic rings. The van der Waals surface area contributed by atoms with Gasteiger partial charge in [0.15, 0.2) is 6.10 Å². The number of carbonyl (C=O) groups is 1. The predicted octanol–water partition coefficient (Wildman–Crippen LogP) is 1.14. The summed E-state index contributed by atoms with van der Waals surface area (Å²) in [5.74, 6) is 0.789. The van der Waals surface area contributed by atoms with E-state index in [1.165, 1.54) is 0 Å². The molecule has 1 aliphatic heterocycles. The van der Waals surface area contributed by atoms with Crippen LogP contribution in [0.4, 0.5) is 0 Å². The van der Waals surface area contributed by atoms with Crippen molar-refractivity contribution in [3.8, 4) is 5.75 Å². The van der Waals surface area contributed by atoms with Gasteiger partial charge >= 0.3 is 0 Å². The van der Waals surface area contributed by atoms with E-state index in [0.717, 1.165) is 11.3 Å². The van der Waals surface area contributed by atoms with Gasteiger partial charge < -0.3 is 15.4 Å². The molecule has 2 unspecified atom stereocenters.